The van der Waals surface area contributed by atoms with Gasteiger partial charge in [-0.15, -0.1) is 11.3 Å². The second-order valence-electron chi connectivity index (χ2n) is 4.40. The maximum atomic E-state index is 12.4. The molecule has 1 amide bonds. The number of hydrogen-bond acceptors (Lipinski definition) is 6. The number of fused-ring (bicyclic) bond motifs is 1. The normalized spacial score (nSPS) is 10.8. The molecule has 0 saturated carbocycles. The number of rotatable bonds is 5. The van der Waals surface area contributed by atoms with Crippen molar-refractivity contribution in [2.24, 2.45) is 5.73 Å². The molecule has 7 nitrogen and oxygen atoms in total. The summed E-state index contributed by atoms with van der Waals surface area (Å²) >= 11 is 1.10. The summed E-state index contributed by atoms with van der Waals surface area (Å²) in [7, 11) is 0. The minimum absolute atomic E-state index is 0.0901. The van der Waals surface area contributed by atoms with Crippen LogP contribution in [0.25, 0.3) is 10.2 Å². The lowest BCUT2D eigenvalue weighted by molar-refractivity contribution is -0.143. The molecule has 0 unspecified atom stereocenters. The number of thiophene rings is 1. The standard InChI is InChI=1S/C13H15N3O4S/c1-3-20-8(17)4-5-16-6-15-12-9(13(16)19)7(2)10(21-12)11(14)18/h6H,3-5H2,1-2H3,(H2,14,18). The Morgan fingerprint density at radius 2 is 2.19 bits per heavy atom. The van der Waals surface area contributed by atoms with Crippen LogP contribution in [0.5, 0.6) is 0 Å². The van der Waals surface area contributed by atoms with Gasteiger partial charge in [-0.25, -0.2) is 4.98 Å². The molecule has 2 aromatic rings. The van der Waals surface area contributed by atoms with E-state index in [9.17, 15) is 14.4 Å². The Labute approximate surface area is 124 Å². The van der Waals surface area contributed by atoms with Gasteiger partial charge >= 0.3 is 5.97 Å². The Morgan fingerprint density at radius 1 is 1.48 bits per heavy atom. The predicted octanol–water partition coefficient (Wildman–Crippen LogP) is 0.819. The predicted molar refractivity (Wildman–Crippen MR) is 78.4 cm³/mol. The zero-order valence-corrected chi connectivity index (χ0v) is 12.5. The monoisotopic (exact) mass is 309 g/mol. The van der Waals surface area contributed by atoms with E-state index in [0.29, 0.717) is 27.3 Å². The fourth-order valence-corrected chi connectivity index (χ4v) is 2.99. The third-order valence-electron chi connectivity index (χ3n) is 3.00. The maximum Gasteiger partial charge on any atom is 0.307 e. The van der Waals surface area contributed by atoms with E-state index in [1.165, 1.54) is 10.9 Å². The number of nitrogens with zero attached hydrogens (tertiary/aromatic N) is 2. The first-order chi connectivity index (χ1) is 9.95. The third-order valence-corrected chi connectivity index (χ3v) is 4.22. The van der Waals surface area contributed by atoms with Crippen LogP contribution in [0.3, 0.4) is 0 Å². The second-order valence-corrected chi connectivity index (χ2v) is 5.40. The number of hydrogen-bond donors (Lipinski definition) is 1. The Bertz CT molecular complexity index is 763. The number of esters is 1. The van der Waals surface area contributed by atoms with E-state index in [0.717, 1.165) is 11.3 Å². The van der Waals surface area contributed by atoms with Gasteiger partial charge in [0.25, 0.3) is 11.5 Å². The van der Waals surface area contributed by atoms with Crippen molar-refractivity contribution in [3.8, 4) is 0 Å². The van der Waals surface area contributed by atoms with Crippen LogP contribution in [-0.2, 0) is 16.1 Å². The molecule has 0 atom stereocenters. The molecule has 0 aromatic carbocycles. The number of ether oxygens (including phenoxy) is 1. The molecule has 0 spiro atoms. The lowest BCUT2D eigenvalue weighted by atomic mass is 10.2. The molecule has 0 bridgehead atoms. The molecule has 21 heavy (non-hydrogen) atoms. The summed E-state index contributed by atoms with van der Waals surface area (Å²) in [6.45, 7) is 3.87. The maximum absolute atomic E-state index is 12.4. The van der Waals surface area contributed by atoms with Crippen molar-refractivity contribution in [1.82, 2.24) is 9.55 Å². The van der Waals surface area contributed by atoms with Crippen LogP contribution in [0.4, 0.5) is 0 Å². The molecule has 0 aliphatic heterocycles. The first-order valence-electron chi connectivity index (χ1n) is 6.39. The topological polar surface area (TPSA) is 104 Å². The fraction of sp³-hybridized carbons (Fsp3) is 0.385. The molecule has 2 N–H and O–H groups in total. The summed E-state index contributed by atoms with van der Waals surface area (Å²) in [5, 5.41) is 0.375. The molecular formula is C13H15N3O4S. The van der Waals surface area contributed by atoms with Crippen molar-refractivity contribution >= 4 is 33.4 Å². The van der Waals surface area contributed by atoms with Crippen LogP contribution >= 0.6 is 11.3 Å². The van der Waals surface area contributed by atoms with Crippen molar-refractivity contribution < 1.29 is 14.3 Å². The lowest BCUT2D eigenvalue weighted by Gasteiger charge is -2.05. The molecule has 0 aliphatic carbocycles. The van der Waals surface area contributed by atoms with Crippen molar-refractivity contribution in [2.45, 2.75) is 26.8 Å². The van der Waals surface area contributed by atoms with Gasteiger partial charge in [0.2, 0.25) is 0 Å². The van der Waals surface area contributed by atoms with Crippen LogP contribution in [0.2, 0.25) is 0 Å². The Hall–Kier alpha value is -2.22. The van der Waals surface area contributed by atoms with E-state index in [1.54, 1.807) is 13.8 Å². The minimum atomic E-state index is -0.576. The smallest absolute Gasteiger partial charge is 0.307 e. The average Bonchev–Trinajstić information content (AvgIpc) is 2.76. The number of amides is 1. The van der Waals surface area contributed by atoms with Gasteiger partial charge in [-0.1, -0.05) is 0 Å². The minimum Gasteiger partial charge on any atom is -0.466 e. The summed E-state index contributed by atoms with van der Waals surface area (Å²) in [5.41, 5.74) is 5.52. The molecule has 2 heterocycles. The van der Waals surface area contributed by atoms with Crippen LogP contribution in [0, 0.1) is 6.92 Å². The van der Waals surface area contributed by atoms with Gasteiger partial charge < -0.3 is 10.5 Å². The zero-order chi connectivity index (χ0) is 15.6. The highest BCUT2D eigenvalue weighted by Crippen LogP contribution is 2.26. The van der Waals surface area contributed by atoms with E-state index in [4.69, 9.17) is 10.5 Å². The number of aryl methyl sites for hydroxylation is 2. The fourth-order valence-electron chi connectivity index (χ4n) is 2.00. The molecule has 112 valence electrons. The highest BCUT2D eigenvalue weighted by Gasteiger charge is 2.17. The molecule has 0 radical (unpaired) electrons. The van der Waals surface area contributed by atoms with Crippen LogP contribution < -0.4 is 11.3 Å². The summed E-state index contributed by atoms with van der Waals surface area (Å²) in [5.74, 6) is -0.947. The molecule has 8 heteroatoms. The number of carbonyl (C=O) groups is 2. The van der Waals surface area contributed by atoms with Crippen LogP contribution in [-0.4, -0.2) is 28.0 Å². The molecule has 2 aromatic heterocycles. The third kappa shape index (κ3) is 2.94. The number of carbonyl (C=O) groups excluding carboxylic acids is 2. The highest BCUT2D eigenvalue weighted by molar-refractivity contribution is 7.20. The van der Waals surface area contributed by atoms with Crippen LogP contribution in [0.15, 0.2) is 11.1 Å². The Balaban J connectivity index is 2.38. The van der Waals surface area contributed by atoms with Crippen molar-refractivity contribution in [3.05, 3.63) is 27.1 Å². The van der Waals surface area contributed by atoms with E-state index < -0.39 is 5.91 Å². The number of nitrogens with two attached hydrogens (primary N) is 1. The summed E-state index contributed by atoms with van der Waals surface area (Å²) in [6, 6.07) is 0. The average molecular weight is 309 g/mol. The van der Waals surface area contributed by atoms with Crippen molar-refractivity contribution in [1.29, 1.82) is 0 Å². The van der Waals surface area contributed by atoms with Crippen molar-refractivity contribution in [2.75, 3.05) is 6.61 Å². The molecule has 0 saturated heterocycles. The first-order valence-corrected chi connectivity index (χ1v) is 7.21. The summed E-state index contributed by atoms with van der Waals surface area (Å²) in [4.78, 5) is 40.0. The lowest BCUT2D eigenvalue weighted by Crippen LogP contribution is -2.22. The van der Waals surface area contributed by atoms with E-state index in [-0.39, 0.29) is 24.5 Å². The van der Waals surface area contributed by atoms with Crippen LogP contribution in [0.1, 0.15) is 28.6 Å². The summed E-state index contributed by atoms with van der Waals surface area (Å²) in [6.07, 6.45) is 1.46. The van der Waals surface area contributed by atoms with E-state index in [2.05, 4.69) is 4.98 Å². The SMILES string of the molecule is CCOC(=O)CCn1cnc2sc(C(N)=O)c(C)c2c1=O. The van der Waals surface area contributed by atoms with E-state index in [1.807, 2.05) is 0 Å². The Kier molecular flexibility index (Phi) is 4.37. The van der Waals surface area contributed by atoms with Gasteiger partial charge in [0, 0.05) is 6.54 Å². The second kappa shape index (κ2) is 6.04. The van der Waals surface area contributed by atoms with Gasteiger partial charge in [-0.05, 0) is 19.4 Å². The first kappa shape index (κ1) is 15.2. The molecule has 2 rings (SSSR count). The zero-order valence-electron chi connectivity index (χ0n) is 11.7. The quantitative estimate of drug-likeness (QED) is 0.823. The largest absolute Gasteiger partial charge is 0.466 e. The van der Waals surface area contributed by atoms with Gasteiger partial charge in [-0.3, -0.25) is 19.0 Å². The van der Waals surface area contributed by atoms with Gasteiger partial charge in [-0.2, -0.15) is 0 Å². The summed E-state index contributed by atoms with van der Waals surface area (Å²) < 4.78 is 6.15. The number of aromatic nitrogens is 2. The van der Waals surface area contributed by atoms with Crippen molar-refractivity contribution in [3.63, 3.8) is 0 Å². The van der Waals surface area contributed by atoms with Gasteiger partial charge in [0.05, 0.1) is 29.6 Å². The molecule has 0 fully saturated rings. The highest BCUT2D eigenvalue weighted by atomic mass is 32.1. The molecule has 0 aliphatic rings. The van der Waals surface area contributed by atoms with E-state index >= 15 is 0 Å². The molecular weight excluding hydrogens is 294 g/mol. The number of primary amides is 1. The Morgan fingerprint density at radius 3 is 2.81 bits per heavy atom. The van der Waals surface area contributed by atoms with Gasteiger partial charge in [0.15, 0.2) is 0 Å². The van der Waals surface area contributed by atoms with Gasteiger partial charge in [0.1, 0.15) is 4.83 Å².